The molecule has 1 aliphatic carbocycles. The molecule has 0 spiro atoms. The summed E-state index contributed by atoms with van der Waals surface area (Å²) in [5.41, 5.74) is -14.9. The lowest BCUT2D eigenvalue weighted by Gasteiger charge is -2.72. The molecule has 0 bridgehead atoms. The van der Waals surface area contributed by atoms with E-state index in [1.807, 2.05) is 0 Å². The SMILES string of the molecule is O=P(O)(O)C1(O)[C@](O)(Cc2ccccc2)[C@@](O)(Cc2ccccc2)C(O)(Cc2ccccc2)[C@](O)(Cc2ccccc2)[C@]1(O)Cc1ccccc1. The molecule has 0 amide bonds. The van der Waals surface area contributed by atoms with E-state index in [1.54, 1.807) is 127 Å². The van der Waals surface area contributed by atoms with Crippen LogP contribution in [0.4, 0.5) is 0 Å². The average molecular weight is 711 g/mol. The summed E-state index contributed by atoms with van der Waals surface area (Å²) in [6, 6.07) is 40.5. The molecular formula is C41H43O9P. The Bertz CT molecular complexity index is 1850. The van der Waals surface area contributed by atoms with E-state index in [4.69, 9.17) is 0 Å². The highest BCUT2D eigenvalue weighted by Gasteiger charge is 2.91. The first-order chi connectivity index (χ1) is 24.1. The molecule has 1 fully saturated rings. The maximum absolute atomic E-state index is 14.2. The summed E-state index contributed by atoms with van der Waals surface area (Å²) in [5, 5.41) is 76.5. The van der Waals surface area contributed by atoms with Gasteiger partial charge < -0.3 is 40.4 Å². The highest BCUT2D eigenvalue weighted by Crippen LogP contribution is 2.72. The normalized spacial score (nSPS) is 30.9. The van der Waals surface area contributed by atoms with Crippen LogP contribution < -0.4 is 0 Å². The van der Waals surface area contributed by atoms with Gasteiger partial charge in [0, 0.05) is 32.1 Å². The van der Waals surface area contributed by atoms with Crippen molar-refractivity contribution in [2.75, 3.05) is 0 Å². The molecule has 266 valence electrons. The first-order valence-corrected chi connectivity index (χ1v) is 18.3. The molecule has 0 saturated heterocycles. The fourth-order valence-electron chi connectivity index (χ4n) is 8.30. The van der Waals surface area contributed by atoms with Crippen LogP contribution in [0.2, 0.25) is 0 Å². The third-order valence-corrected chi connectivity index (χ3v) is 12.4. The molecule has 0 heterocycles. The smallest absolute Gasteiger partial charge is 0.363 e. The van der Waals surface area contributed by atoms with Crippen LogP contribution in [0.15, 0.2) is 152 Å². The van der Waals surface area contributed by atoms with E-state index in [9.17, 15) is 45.0 Å². The molecule has 5 aromatic rings. The standard InChI is InChI=1S/C41H43O9P/c42-36(26-31-16-6-1-7-17-31)37(43,27-32-18-8-2-9-19-32)39(45,29-34-22-12-4-13-23-34)41(47,51(48,49)50)40(46,30-35-24-14-5-15-25-35)38(36,44)28-33-20-10-3-11-21-33/h1-25,42-47H,26-30H2,(H2,48,49,50)/t36?,37-,38-,39-,40+,41?/m1/s1. The Morgan fingerprint density at radius 3 is 0.706 bits per heavy atom. The van der Waals surface area contributed by atoms with Gasteiger partial charge in [-0.05, 0) is 27.8 Å². The van der Waals surface area contributed by atoms with Crippen molar-refractivity contribution < 1.29 is 45.0 Å². The predicted octanol–water partition coefficient (Wildman–Crippen LogP) is 3.74. The van der Waals surface area contributed by atoms with Crippen LogP contribution in [0.3, 0.4) is 0 Å². The number of benzene rings is 5. The summed E-state index contributed by atoms with van der Waals surface area (Å²) < 4.78 is 14.2. The van der Waals surface area contributed by atoms with Crippen LogP contribution in [0.1, 0.15) is 27.8 Å². The molecule has 0 radical (unpaired) electrons. The van der Waals surface area contributed by atoms with E-state index >= 15 is 0 Å². The summed E-state index contributed by atoms with van der Waals surface area (Å²) in [4.78, 5) is 22.8. The van der Waals surface area contributed by atoms with Crippen molar-refractivity contribution >= 4 is 7.60 Å². The van der Waals surface area contributed by atoms with Gasteiger partial charge in [0.1, 0.15) is 28.0 Å². The maximum atomic E-state index is 14.2. The zero-order valence-electron chi connectivity index (χ0n) is 27.9. The van der Waals surface area contributed by atoms with Gasteiger partial charge in [-0.25, -0.2) is 0 Å². The minimum absolute atomic E-state index is 0.219. The second kappa shape index (κ2) is 13.5. The molecule has 0 aliphatic heterocycles. The van der Waals surface area contributed by atoms with Gasteiger partial charge in [0.05, 0.1) is 0 Å². The monoisotopic (exact) mass is 710 g/mol. The van der Waals surface area contributed by atoms with Gasteiger partial charge >= 0.3 is 7.60 Å². The predicted molar refractivity (Wildman–Crippen MR) is 192 cm³/mol. The average Bonchev–Trinajstić information content (AvgIpc) is 3.12. The second-order valence-corrected chi connectivity index (χ2v) is 15.6. The molecule has 5 aromatic carbocycles. The van der Waals surface area contributed by atoms with Crippen molar-refractivity contribution in [3.05, 3.63) is 179 Å². The molecule has 2 unspecified atom stereocenters. The minimum Gasteiger partial charge on any atom is -0.383 e. The van der Waals surface area contributed by atoms with Crippen molar-refractivity contribution in [1.29, 1.82) is 0 Å². The molecular weight excluding hydrogens is 667 g/mol. The number of hydrogen-bond acceptors (Lipinski definition) is 7. The van der Waals surface area contributed by atoms with Crippen LogP contribution >= 0.6 is 7.60 Å². The first-order valence-electron chi connectivity index (χ1n) is 16.7. The Kier molecular flexibility index (Phi) is 9.76. The van der Waals surface area contributed by atoms with Crippen LogP contribution in [-0.4, -0.2) is 73.8 Å². The fraction of sp³-hybridized carbons (Fsp3) is 0.268. The summed E-state index contributed by atoms with van der Waals surface area (Å²) in [6.45, 7) is 0. The van der Waals surface area contributed by atoms with Crippen LogP contribution in [-0.2, 0) is 36.7 Å². The Hall–Kier alpha value is -3.99. The number of hydrogen-bond donors (Lipinski definition) is 8. The fourth-order valence-corrected chi connectivity index (χ4v) is 9.79. The Balaban J connectivity index is 1.79. The third kappa shape index (κ3) is 5.79. The Labute approximate surface area is 296 Å². The van der Waals surface area contributed by atoms with Crippen molar-refractivity contribution in [2.45, 2.75) is 65.5 Å². The summed E-state index contributed by atoms with van der Waals surface area (Å²) >= 11 is 0. The lowest BCUT2D eigenvalue weighted by atomic mass is 9.44. The molecule has 1 saturated carbocycles. The lowest BCUT2D eigenvalue weighted by molar-refractivity contribution is -0.421. The van der Waals surface area contributed by atoms with E-state index in [2.05, 4.69) is 0 Å². The van der Waals surface area contributed by atoms with Crippen LogP contribution in [0.5, 0.6) is 0 Å². The topological polar surface area (TPSA) is 179 Å². The maximum Gasteiger partial charge on any atom is 0.363 e. The molecule has 6 atom stereocenters. The van der Waals surface area contributed by atoms with Gasteiger partial charge in [0.25, 0.3) is 0 Å². The highest BCUT2D eigenvalue weighted by molar-refractivity contribution is 7.53. The molecule has 9 nitrogen and oxygen atoms in total. The van der Waals surface area contributed by atoms with E-state index < -0.39 is 73.0 Å². The minimum atomic E-state index is -6.25. The quantitative estimate of drug-likeness (QED) is 0.0949. The first kappa shape index (κ1) is 36.8. The third-order valence-electron chi connectivity index (χ3n) is 10.8. The largest absolute Gasteiger partial charge is 0.383 e. The van der Waals surface area contributed by atoms with Gasteiger partial charge in [-0.2, -0.15) is 0 Å². The van der Waals surface area contributed by atoms with Crippen LogP contribution in [0.25, 0.3) is 0 Å². The molecule has 51 heavy (non-hydrogen) atoms. The summed E-state index contributed by atoms with van der Waals surface area (Å²) in [5.74, 6) is 0. The molecule has 8 N–H and O–H groups in total. The van der Waals surface area contributed by atoms with Crippen molar-refractivity contribution in [3.8, 4) is 0 Å². The van der Waals surface area contributed by atoms with Gasteiger partial charge in [-0.3, -0.25) is 4.57 Å². The van der Waals surface area contributed by atoms with E-state index in [0.717, 1.165) is 0 Å². The number of aliphatic hydroxyl groups is 6. The molecule has 10 heteroatoms. The van der Waals surface area contributed by atoms with Gasteiger partial charge in [-0.15, -0.1) is 0 Å². The second-order valence-electron chi connectivity index (χ2n) is 13.8. The van der Waals surface area contributed by atoms with Gasteiger partial charge in [0.15, 0.2) is 0 Å². The van der Waals surface area contributed by atoms with Crippen molar-refractivity contribution in [3.63, 3.8) is 0 Å². The highest BCUT2D eigenvalue weighted by atomic mass is 31.2. The lowest BCUT2D eigenvalue weighted by Crippen LogP contribution is -2.96. The zero-order valence-corrected chi connectivity index (χ0v) is 28.8. The van der Waals surface area contributed by atoms with Crippen molar-refractivity contribution in [2.24, 2.45) is 0 Å². The Morgan fingerprint density at radius 2 is 0.510 bits per heavy atom. The zero-order chi connectivity index (χ0) is 36.6. The Morgan fingerprint density at radius 1 is 0.333 bits per heavy atom. The van der Waals surface area contributed by atoms with E-state index in [1.165, 1.54) is 24.3 Å². The van der Waals surface area contributed by atoms with Gasteiger partial charge in [-0.1, -0.05) is 152 Å². The van der Waals surface area contributed by atoms with Gasteiger partial charge in [0.2, 0.25) is 5.34 Å². The van der Waals surface area contributed by atoms with E-state index in [0.29, 0.717) is 16.7 Å². The molecule has 1 aliphatic rings. The van der Waals surface area contributed by atoms with Crippen LogP contribution in [0, 0.1) is 0 Å². The van der Waals surface area contributed by atoms with E-state index in [-0.39, 0.29) is 11.1 Å². The van der Waals surface area contributed by atoms with Crippen molar-refractivity contribution in [1.82, 2.24) is 0 Å². The number of rotatable bonds is 11. The molecule has 0 aromatic heterocycles. The molecule has 6 rings (SSSR count). The summed E-state index contributed by atoms with van der Waals surface area (Å²) in [6.07, 6.45) is -3.74. The summed E-state index contributed by atoms with van der Waals surface area (Å²) in [7, 11) is -6.25.